The van der Waals surface area contributed by atoms with Crippen molar-refractivity contribution in [2.75, 3.05) is 0 Å². The van der Waals surface area contributed by atoms with Crippen LogP contribution in [0, 0.1) is 0 Å². The number of hydrogen-bond donors (Lipinski definition) is 3. The van der Waals surface area contributed by atoms with Crippen LogP contribution in [-0.2, 0) is 30.4 Å². The van der Waals surface area contributed by atoms with E-state index in [0.717, 1.165) is 18.2 Å². The molecule has 23 heavy (non-hydrogen) atoms. The summed E-state index contributed by atoms with van der Waals surface area (Å²) >= 11 is 0. The van der Waals surface area contributed by atoms with Crippen molar-refractivity contribution in [1.29, 1.82) is 0 Å². The summed E-state index contributed by atoms with van der Waals surface area (Å²) in [5.41, 5.74) is 0. The van der Waals surface area contributed by atoms with Gasteiger partial charge >= 0.3 is 29.6 Å². The van der Waals surface area contributed by atoms with Crippen LogP contribution in [0.4, 0.5) is 0 Å². The van der Waals surface area contributed by atoms with Gasteiger partial charge in [-0.15, -0.1) is 0 Å². The second-order valence-electron chi connectivity index (χ2n) is 4.20. The van der Waals surface area contributed by atoms with Gasteiger partial charge in [0.1, 0.15) is 9.79 Å². The Morgan fingerprint density at radius 3 is 1.65 bits per heavy atom. The summed E-state index contributed by atoms with van der Waals surface area (Å²) in [5.74, 6) is 0. The van der Waals surface area contributed by atoms with Crippen LogP contribution in [0.25, 0.3) is 10.8 Å². The minimum atomic E-state index is -4.93. The average Bonchev–Trinajstić information content (AvgIpc) is 2.33. The molecule has 0 bridgehead atoms. The first kappa shape index (κ1) is 20.5. The summed E-state index contributed by atoms with van der Waals surface area (Å²) in [7, 11) is -14.6. The quantitative estimate of drug-likeness (QED) is 0.385. The SMILES string of the molecule is O=S(=O)(O)c1cc(S(=O)(=O)O)c2cccc(S(=O)(=O)O)c2c1.[H-].[Na+]. The third-order valence-corrected chi connectivity index (χ3v) is 5.38. The molecule has 0 radical (unpaired) electrons. The third kappa shape index (κ3) is 4.29. The van der Waals surface area contributed by atoms with Gasteiger partial charge in [0.25, 0.3) is 30.4 Å². The van der Waals surface area contributed by atoms with Crippen LogP contribution < -0.4 is 29.6 Å². The van der Waals surface area contributed by atoms with Crippen LogP contribution in [0.1, 0.15) is 1.43 Å². The van der Waals surface area contributed by atoms with Crippen molar-refractivity contribution in [3.63, 3.8) is 0 Å². The molecule has 0 heterocycles. The molecule has 0 fully saturated rings. The first-order valence-electron chi connectivity index (χ1n) is 5.31. The molecule has 0 aromatic heterocycles. The Balaban J connectivity index is 0.00000264. The van der Waals surface area contributed by atoms with Crippen molar-refractivity contribution < 1.29 is 69.9 Å². The smallest absolute Gasteiger partial charge is 1.00 e. The number of hydrogen-bond acceptors (Lipinski definition) is 6. The van der Waals surface area contributed by atoms with Gasteiger partial charge in [-0.05, 0) is 18.2 Å². The second kappa shape index (κ2) is 6.38. The van der Waals surface area contributed by atoms with E-state index in [1.165, 1.54) is 0 Å². The molecule has 0 saturated heterocycles. The zero-order valence-corrected chi connectivity index (χ0v) is 15.9. The molecular formula is C10H9NaO9S3. The maximum Gasteiger partial charge on any atom is 1.00 e. The predicted octanol–water partition coefficient (Wildman–Crippen LogP) is -2.30. The zero-order chi connectivity index (χ0) is 16.9. The molecule has 9 nitrogen and oxygen atoms in total. The summed E-state index contributed by atoms with van der Waals surface area (Å²) in [4.78, 5) is -2.66. The Bertz CT molecular complexity index is 1090. The van der Waals surface area contributed by atoms with Gasteiger partial charge in [-0.25, -0.2) is 0 Å². The maximum atomic E-state index is 11.4. The topological polar surface area (TPSA) is 163 Å². The van der Waals surface area contributed by atoms with Gasteiger partial charge in [0.15, 0.2) is 0 Å². The maximum absolute atomic E-state index is 11.4. The third-order valence-electron chi connectivity index (χ3n) is 2.75. The molecule has 122 valence electrons. The average molecular weight is 392 g/mol. The van der Waals surface area contributed by atoms with Crippen molar-refractivity contribution in [2.45, 2.75) is 14.7 Å². The predicted molar refractivity (Wildman–Crippen MR) is 74.5 cm³/mol. The monoisotopic (exact) mass is 392 g/mol. The summed E-state index contributed by atoms with van der Waals surface area (Å²) in [5, 5.41) is -0.835. The molecule has 0 aliphatic carbocycles. The number of rotatable bonds is 3. The van der Waals surface area contributed by atoms with E-state index in [1.54, 1.807) is 0 Å². The Kier molecular flexibility index (Phi) is 5.68. The summed E-state index contributed by atoms with van der Waals surface area (Å²) in [6.07, 6.45) is 0. The molecule has 13 heteroatoms. The molecule has 0 spiro atoms. The van der Waals surface area contributed by atoms with Gasteiger partial charge in [0.2, 0.25) is 0 Å². The number of benzene rings is 2. The van der Waals surface area contributed by atoms with E-state index < -0.39 is 50.4 Å². The fourth-order valence-electron chi connectivity index (χ4n) is 1.89. The molecule has 0 aliphatic heterocycles. The fraction of sp³-hybridized carbons (Fsp3) is 0. The summed E-state index contributed by atoms with van der Waals surface area (Å²) in [6, 6.07) is 4.23. The van der Waals surface area contributed by atoms with Crippen molar-refractivity contribution >= 4 is 41.1 Å². The van der Waals surface area contributed by atoms with Gasteiger partial charge in [0, 0.05) is 10.8 Å². The van der Waals surface area contributed by atoms with E-state index in [-0.39, 0.29) is 36.4 Å². The Morgan fingerprint density at radius 2 is 1.22 bits per heavy atom. The van der Waals surface area contributed by atoms with E-state index >= 15 is 0 Å². The normalized spacial score (nSPS) is 12.8. The van der Waals surface area contributed by atoms with Gasteiger partial charge in [-0.2, -0.15) is 25.3 Å². The van der Waals surface area contributed by atoms with E-state index in [2.05, 4.69) is 0 Å². The number of fused-ring (bicyclic) bond motifs is 1. The van der Waals surface area contributed by atoms with Crippen LogP contribution in [0.15, 0.2) is 45.0 Å². The Hall–Kier alpha value is -0.570. The summed E-state index contributed by atoms with van der Waals surface area (Å²) in [6.45, 7) is 0. The van der Waals surface area contributed by atoms with E-state index in [1.807, 2.05) is 0 Å². The molecule has 2 aromatic rings. The minimum absolute atomic E-state index is 0. The van der Waals surface area contributed by atoms with E-state index in [4.69, 9.17) is 13.7 Å². The van der Waals surface area contributed by atoms with Crippen molar-refractivity contribution in [3.8, 4) is 0 Å². The first-order valence-corrected chi connectivity index (χ1v) is 9.63. The van der Waals surface area contributed by atoms with Crippen LogP contribution in [0.5, 0.6) is 0 Å². The van der Waals surface area contributed by atoms with Crippen molar-refractivity contribution in [2.24, 2.45) is 0 Å². The van der Waals surface area contributed by atoms with Crippen LogP contribution >= 0.6 is 0 Å². The molecule has 0 saturated carbocycles. The Morgan fingerprint density at radius 1 is 0.696 bits per heavy atom. The van der Waals surface area contributed by atoms with Crippen LogP contribution in [-0.4, -0.2) is 38.9 Å². The van der Waals surface area contributed by atoms with Crippen molar-refractivity contribution in [1.82, 2.24) is 0 Å². The summed E-state index contributed by atoms with van der Waals surface area (Å²) < 4.78 is 95.0. The van der Waals surface area contributed by atoms with E-state index in [9.17, 15) is 25.3 Å². The molecule has 2 aromatic carbocycles. The molecule has 0 atom stereocenters. The van der Waals surface area contributed by atoms with Gasteiger partial charge in [-0.1, -0.05) is 12.1 Å². The fourth-order valence-corrected chi connectivity index (χ4v) is 3.92. The molecule has 0 unspecified atom stereocenters. The Labute approximate surface area is 155 Å². The standard InChI is InChI=1S/C10H8O9S3.Na.H/c11-20(12,13)6-4-8-7(10(5-6)22(17,18)19)2-1-3-9(8)21(14,15)16;;/h1-5H,(H,11,12,13)(H,14,15,16)(H,17,18,19);;/q;+1;-1. The molecule has 0 aliphatic rings. The molecular weight excluding hydrogens is 383 g/mol. The molecule has 0 amide bonds. The van der Waals surface area contributed by atoms with Gasteiger partial charge in [-0.3, -0.25) is 13.7 Å². The van der Waals surface area contributed by atoms with Gasteiger partial charge < -0.3 is 1.43 Å². The molecule has 2 rings (SSSR count). The second-order valence-corrected chi connectivity index (χ2v) is 8.40. The largest absolute Gasteiger partial charge is 1.00 e. The molecule has 3 N–H and O–H groups in total. The zero-order valence-electron chi connectivity index (χ0n) is 12.4. The van der Waals surface area contributed by atoms with Gasteiger partial charge in [0.05, 0.1) is 4.90 Å². The van der Waals surface area contributed by atoms with Crippen LogP contribution in [0.3, 0.4) is 0 Å². The minimum Gasteiger partial charge on any atom is -1.00 e. The first-order chi connectivity index (χ1) is 9.82. The van der Waals surface area contributed by atoms with Crippen LogP contribution in [0.2, 0.25) is 0 Å². The van der Waals surface area contributed by atoms with E-state index in [0.29, 0.717) is 12.1 Å². The van der Waals surface area contributed by atoms with Crippen molar-refractivity contribution in [3.05, 3.63) is 30.3 Å².